The van der Waals surface area contributed by atoms with E-state index in [2.05, 4.69) is 5.32 Å². The first-order chi connectivity index (χ1) is 11.2. The fraction of sp³-hybridized carbons (Fsp3) is 0.235. The minimum atomic E-state index is -0.136. The van der Waals surface area contributed by atoms with Crippen LogP contribution in [0.1, 0.15) is 5.56 Å². The molecule has 120 valence electrons. The van der Waals surface area contributed by atoms with Gasteiger partial charge in [0.25, 0.3) is 0 Å². The van der Waals surface area contributed by atoms with Crippen LogP contribution < -0.4 is 19.5 Å². The van der Waals surface area contributed by atoms with E-state index in [-0.39, 0.29) is 12.3 Å². The zero-order chi connectivity index (χ0) is 16.2. The maximum Gasteiger partial charge on any atom is 0.228 e. The average molecular weight is 334 g/mol. The molecule has 1 aliphatic heterocycles. The molecule has 5 nitrogen and oxygen atoms in total. The topological polar surface area (TPSA) is 56.8 Å². The number of fused-ring (bicyclic) bond motifs is 1. The standard InChI is InChI=1S/C17H16ClNO4/c1-21-14-5-3-12(10-13(14)18)19-17(20)9-11-2-4-15-16(8-11)23-7-6-22-15/h2-5,8,10H,6-7,9H2,1H3,(H,19,20). The van der Waals surface area contributed by atoms with Gasteiger partial charge < -0.3 is 19.5 Å². The molecule has 2 aromatic rings. The minimum absolute atomic E-state index is 0.136. The number of carbonyl (C=O) groups is 1. The highest BCUT2D eigenvalue weighted by molar-refractivity contribution is 6.32. The van der Waals surface area contributed by atoms with Crippen LogP contribution >= 0.6 is 11.6 Å². The first-order valence-corrected chi connectivity index (χ1v) is 7.55. The predicted molar refractivity (Wildman–Crippen MR) is 87.8 cm³/mol. The molecule has 1 heterocycles. The van der Waals surface area contributed by atoms with Crippen LogP contribution in [0.15, 0.2) is 36.4 Å². The Bertz CT molecular complexity index is 733. The molecule has 6 heteroatoms. The van der Waals surface area contributed by atoms with Gasteiger partial charge in [-0.3, -0.25) is 4.79 Å². The number of amides is 1. The Hall–Kier alpha value is -2.40. The van der Waals surface area contributed by atoms with Crippen LogP contribution in [0.3, 0.4) is 0 Å². The molecule has 0 aliphatic carbocycles. The van der Waals surface area contributed by atoms with Crippen LogP contribution in [0, 0.1) is 0 Å². The monoisotopic (exact) mass is 333 g/mol. The van der Waals surface area contributed by atoms with Gasteiger partial charge in [0.05, 0.1) is 18.6 Å². The number of nitrogens with one attached hydrogen (secondary N) is 1. The number of hydrogen-bond donors (Lipinski definition) is 1. The molecular weight excluding hydrogens is 318 g/mol. The lowest BCUT2D eigenvalue weighted by Crippen LogP contribution is -2.17. The fourth-order valence-corrected chi connectivity index (χ4v) is 2.59. The molecule has 0 spiro atoms. The van der Waals surface area contributed by atoms with Crippen LogP contribution in [-0.4, -0.2) is 26.2 Å². The van der Waals surface area contributed by atoms with Crippen molar-refractivity contribution in [1.29, 1.82) is 0 Å². The summed E-state index contributed by atoms with van der Waals surface area (Å²) >= 11 is 6.05. The second-order valence-electron chi connectivity index (χ2n) is 5.05. The van der Waals surface area contributed by atoms with Crippen molar-refractivity contribution in [3.8, 4) is 17.2 Å². The van der Waals surface area contributed by atoms with Gasteiger partial charge in [-0.15, -0.1) is 0 Å². The summed E-state index contributed by atoms with van der Waals surface area (Å²) < 4.78 is 16.1. The van der Waals surface area contributed by atoms with Crippen LogP contribution in [0.2, 0.25) is 5.02 Å². The number of rotatable bonds is 4. The highest BCUT2D eigenvalue weighted by atomic mass is 35.5. The highest BCUT2D eigenvalue weighted by Crippen LogP contribution is 2.31. The van der Waals surface area contributed by atoms with Gasteiger partial charge in [0.15, 0.2) is 11.5 Å². The number of hydrogen-bond acceptors (Lipinski definition) is 4. The molecular formula is C17H16ClNO4. The second kappa shape index (κ2) is 6.79. The normalized spacial score (nSPS) is 12.6. The molecule has 1 amide bonds. The Labute approximate surface area is 139 Å². The van der Waals surface area contributed by atoms with Gasteiger partial charge in [0, 0.05) is 5.69 Å². The van der Waals surface area contributed by atoms with E-state index in [1.54, 1.807) is 25.3 Å². The van der Waals surface area contributed by atoms with Crippen molar-refractivity contribution >= 4 is 23.2 Å². The largest absolute Gasteiger partial charge is 0.495 e. The minimum Gasteiger partial charge on any atom is -0.495 e. The first kappa shape index (κ1) is 15.5. The summed E-state index contributed by atoms with van der Waals surface area (Å²) in [4.78, 5) is 12.2. The van der Waals surface area contributed by atoms with Crippen LogP contribution in [0.25, 0.3) is 0 Å². The molecule has 2 aromatic carbocycles. The molecule has 0 unspecified atom stereocenters. The second-order valence-corrected chi connectivity index (χ2v) is 5.46. The van der Waals surface area contributed by atoms with Gasteiger partial charge in [0.2, 0.25) is 5.91 Å². The van der Waals surface area contributed by atoms with E-state index in [4.69, 9.17) is 25.8 Å². The molecule has 0 atom stereocenters. The van der Waals surface area contributed by atoms with Gasteiger partial charge in [-0.05, 0) is 35.9 Å². The molecule has 1 N–H and O–H groups in total. The van der Waals surface area contributed by atoms with Crippen molar-refractivity contribution in [3.05, 3.63) is 47.0 Å². The van der Waals surface area contributed by atoms with Crippen LogP contribution in [0.4, 0.5) is 5.69 Å². The lowest BCUT2D eigenvalue weighted by Gasteiger charge is -2.18. The summed E-state index contributed by atoms with van der Waals surface area (Å²) in [6.45, 7) is 1.07. The number of halogens is 1. The molecule has 0 bridgehead atoms. The predicted octanol–water partition coefficient (Wildman–Crippen LogP) is 3.30. The summed E-state index contributed by atoms with van der Waals surface area (Å²) in [5, 5.41) is 3.26. The van der Waals surface area contributed by atoms with E-state index in [1.807, 2.05) is 18.2 Å². The van der Waals surface area contributed by atoms with E-state index < -0.39 is 0 Å². The smallest absolute Gasteiger partial charge is 0.228 e. The van der Waals surface area contributed by atoms with E-state index in [0.717, 1.165) is 5.56 Å². The third-order valence-electron chi connectivity index (χ3n) is 3.41. The Morgan fingerprint density at radius 3 is 2.70 bits per heavy atom. The molecule has 23 heavy (non-hydrogen) atoms. The van der Waals surface area contributed by atoms with Crippen LogP contribution in [0.5, 0.6) is 17.2 Å². The zero-order valence-corrected chi connectivity index (χ0v) is 13.4. The van der Waals surface area contributed by atoms with E-state index in [0.29, 0.717) is 41.2 Å². The molecule has 3 rings (SSSR count). The number of carbonyl (C=O) groups excluding carboxylic acids is 1. The number of benzene rings is 2. The third-order valence-corrected chi connectivity index (χ3v) is 3.70. The summed E-state index contributed by atoms with van der Waals surface area (Å²) in [5.41, 5.74) is 1.48. The van der Waals surface area contributed by atoms with Gasteiger partial charge in [0.1, 0.15) is 19.0 Å². The van der Waals surface area contributed by atoms with Crippen molar-refractivity contribution in [2.75, 3.05) is 25.6 Å². The van der Waals surface area contributed by atoms with E-state index >= 15 is 0 Å². The number of anilines is 1. The lowest BCUT2D eigenvalue weighted by molar-refractivity contribution is -0.115. The quantitative estimate of drug-likeness (QED) is 0.932. The van der Waals surface area contributed by atoms with Crippen molar-refractivity contribution in [2.45, 2.75) is 6.42 Å². The SMILES string of the molecule is COc1ccc(NC(=O)Cc2ccc3c(c2)OCCO3)cc1Cl. The molecule has 0 saturated heterocycles. The number of ether oxygens (including phenoxy) is 3. The highest BCUT2D eigenvalue weighted by Gasteiger charge is 2.13. The maximum absolute atomic E-state index is 12.2. The van der Waals surface area contributed by atoms with Crippen LogP contribution in [-0.2, 0) is 11.2 Å². The van der Waals surface area contributed by atoms with E-state index in [1.165, 1.54) is 0 Å². The van der Waals surface area contributed by atoms with Gasteiger partial charge in [-0.1, -0.05) is 17.7 Å². The first-order valence-electron chi connectivity index (χ1n) is 7.17. The lowest BCUT2D eigenvalue weighted by atomic mass is 10.1. The van der Waals surface area contributed by atoms with Crippen molar-refractivity contribution in [1.82, 2.24) is 0 Å². The Morgan fingerprint density at radius 1 is 1.17 bits per heavy atom. The van der Waals surface area contributed by atoms with E-state index in [9.17, 15) is 4.79 Å². The van der Waals surface area contributed by atoms with Gasteiger partial charge in [-0.25, -0.2) is 0 Å². The maximum atomic E-state index is 12.2. The Morgan fingerprint density at radius 2 is 1.96 bits per heavy atom. The summed E-state index contributed by atoms with van der Waals surface area (Å²) in [7, 11) is 1.54. The Kier molecular flexibility index (Phi) is 4.57. The Balaban J connectivity index is 1.66. The third kappa shape index (κ3) is 3.68. The van der Waals surface area contributed by atoms with Gasteiger partial charge >= 0.3 is 0 Å². The van der Waals surface area contributed by atoms with Crippen molar-refractivity contribution in [3.63, 3.8) is 0 Å². The average Bonchev–Trinajstić information content (AvgIpc) is 2.55. The number of methoxy groups -OCH3 is 1. The van der Waals surface area contributed by atoms with Gasteiger partial charge in [-0.2, -0.15) is 0 Å². The zero-order valence-electron chi connectivity index (χ0n) is 12.6. The molecule has 0 aromatic heterocycles. The summed E-state index contributed by atoms with van der Waals surface area (Å²) in [6, 6.07) is 10.6. The summed E-state index contributed by atoms with van der Waals surface area (Å²) in [5.74, 6) is 1.82. The fourth-order valence-electron chi connectivity index (χ4n) is 2.33. The molecule has 0 fully saturated rings. The molecule has 1 aliphatic rings. The summed E-state index contributed by atoms with van der Waals surface area (Å²) in [6.07, 6.45) is 0.236. The van der Waals surface area contributed by atoms with Crippen molar-refractivity contribution < 1.29 is 19.0 Å². The van der Waals surface area contributed by atoms with Crippen molar-refractivity contribution in [2.24, 2.45) is 0 Å². The molecule has 0 radical (unpaired) electrons. The molecule has 0 saturated carbocycles.